The van der Waals surface area contributed by atoms with Gasteiger partial charge in [-0.3, -0.25) is 9.78 Å². The largest absolute Gasteiger partial charge is 0.355 e. The highest BCUT2D eigenvalue weighted by atomic mass is 16.2. The van der Waals surface area contributed by atoms with Gasteiger partial charge in [-0.15, -0.1) is 0 Å². The van der Waals surface area contributed by atoms with E-state index in [0.717, 1.165) is 35.9 Å². The van der Waals surface area contributed by atoms with Crippen LogP contribution in [0.25, 0.3) is 10.9 Å². The molecule has 2 rings (SSSR count). The number of hydrogen-bond donors (Lipinski definition) is 2. The van der Waals surface area contributed by atoms with Crippen LogP contribution in [0.4, 0.5) is 0 Å². The molecule has 2 aromatic rings. The maximum atomic E-state index is 11.9. The summed E-state index contributed by atoms with van der Waals surface area (Å²) >= 11 is 0. The third-order valence-electron chi connectivity index (χ3n) is 3.54. The maximum absolute atomic E-state index is 11.9. The second kappa shape index (κ2) is 7.74. The quantitative estimate of drug-likeness (QED) is 0.769. The first-order valence-corrected chi connectivity index (χ1v) is 7.56. The van der Waals surface area contributed by atoms with Crippen molar-refractivity contribution in [3.8, 4) is 0 Å². The lowest BCUT2D eigenvalue weighted by molar-refractivity contribution is -0.122. The monoisotopic (exact) mass is 285 g/mol. The Morgan fingerprint density at radius 1 is 1.29 bits per heavy atom. The van der Waals surface area contributed by atoms with Crippen LogP contribution in [0.3, 0.4) is 0 Å². The van der Waals surface area contributed by atoms with E-state index in [4.69, 9.17) is 0 Å². The Labute approximate surface area is 126 Å². The van der Waals surface area contributed by atoms with Crippen molar-refractivity contribution in [2.24, 2.45) is 0 Å². The minimum atomic E-state index is -0.208. The molecule has 0 bridgehead atoms. The molecule has 0 fully saturated rings. The van der Waals surface area contributed by atoms with Crippen LogP contribution in [-0.4, -0.2) is 23.5 Å². The topological polar surface area (TPSA) is 54.0 Å². The summed E-state index contributed by atoms with van der Waals surface area (Å²) in [5.41, 5.74) is 2.10. The molecule has 1 amide bonds. The molecule has 0 saturated heterocycles. The minimum absolute atomic E-state index is 0.0524. The molecule has 4 nitrogen and oxygen atoms in total. The number of pyridine rings is 1. The van der Waals surface area contributed by atoms with Gasteiger partial charge in [-0.05, 0) is 25.0 Å². The Bertz CT molecular complexity index is 592. The molecule has 112 valence electrons. The SMILES string of the molecule is CCCCNC(=O)C(C)NCc1cccc2cccnc12. The van der Waals surface area contributed by atoms with Gasteiger partial charge in [0, 0.05) is 24.7 Å². The molecule has 1 atom stereocenters. The summed E-state index contributed by atoms with van der Waals surface area (Å²) in [7, 11) is 0. The van der Waals surface area contributed by atoms with E-state index in [0.29, 0.717) is 6.54 Å². The number of nitrogens with zero attached hydrogens (tertiary/aromatic N) is 1. The Morgan fingerprint density at radius 3 is 2.90 bits per heavy atom. The number of nitrogens with one attached hydrogen (secondary N) is 2. The fraction of sp³-hybridized carbons (Fsp3) is 0.412. The second-order valence-corrected chi connectivity index (χ2v) is 5.24. The number of carbonyl (C=O) groups is 1. The van der Waals surface area contributed by atoms with Gasteiger partial charge in [0.1, 0.15) is 0 Å². The minimum Gasteiger partial charge on any atom is -0.355 e. The highest BCUT2D eigenvalue weighted by Crippen LogP contribution is 2.15. The van der Waals surface area contributed by atoms with Crippen molar-refractivity contribution in [2.45, 2.75) is 39.3 Å². The predicted octanol–water partition coefficient (Wildman–Crippen LogP) is 2.63. The first-order valence-electron chi connectivity index (χ1n) is 7.56. The van der Waals surface area contributed by atoms with Gasteiger partial charge >= 0.3 is 0 Å². The first kappa shape index (κ1) is 15.4. The van der Waals surface area contributed by atoms with E-state index < -0.39 is 0 Å². The highest BCUT2D eigenvalue weighted by Gasteiger charge is 2.12. The molecule has 1 heterocycles. The van der Waals surface area contributed by atoms with Crippen LogP contribution in [0.5, 0.6) is 0 Å². The molecular weight excluding hydrogens is 262 g/mol. The lowest BCUT2D eigenvalue weighted by atomic mass is 10.1. The van der Waals surface area contributed by atoms with Gasteiger partial charge in [-0.1, -0.05) is 37.6 Å². The Balaban J connectivity index is 1.94. The summed E-state index contributed by atoms with van der Waals surface area (Å²) in [4.78, 5) is 16.3. The number of hydrogen-bond acceptors (Lipinski definition) is 3. The Kier molecular flexibility index (Phi) is 5.69. The molecule has 0 aliphatic carbocycles. The van der Waals surface area contributed by atoms with Crippen LogP contribution in [0.15, 0.2) is 36.5 Å². The fourth-order valence-corrected chi connectivity index (χ4v) is 2.21. The van der Waals surface area contributed by atoms with Crippen molar-refractivity contribution in [2.75, 3.05) is 6.54 Å². The molecular formula is C17H23N3O. The Morgan fingerprint density at radius 2 is 2.10 bits per heavy atom. The molecule has 21 heavy (non-hydrogen) atoms. The van der Waals surface area contributed by atoms with E-state index in [1.165, 1.54) is 0 Å². The van der Waals surface area contributed by atoms with Gasteiger partial charge in [0.2, 0.25) is 5.91 Å². The van der Waals surface area contributed by atoms with Gasteiger partial charge in [0.25, 0.3) is 0 Å². The first-order chi connectivity index (χ1) is 10.2. The summed E-state index contributed by atoms with van der Waals surface area (Å²) in [5, 5.41) is 7.33. The van der Waals surface area contributed by atoms with Crippen LogP contribution >= 0.6 is 0 Å². The molecule has 1 aromatic heterocycles. The van der Waals surface area contributed by atoms with Crippen LogP contribution in [0.2, 0.25) is 0 Å². The van der Waals surface area contributed by atoms with Crippen molar-refractivity contribution in [3.63, 3.8) is 0 Å². The maximum Gasteiger partial charge on any atom is 0.236 e. The zero-order valence-electron chi connectivity index (χ0n) is 12.7. The van der Waals surface area contributed by atoms with Gasteiger partial charge < -0.3 is 10.6 Å². The van der Waals surface area contributed by atoms with Crippen molar-refractivity contribution in [3.05, 3.63) is 42.1 Å². The number of benzene rings is 1. The number of fused-ring (bicyclic) bond motifs is 1. The number of para-hydroxylation sites is 1. The average molecular weight is 285 g/mol. The smallest absolute Gasteiger partial charge is 0.236 e. The van der Waals surface area contributed by atoms with Crippen molar-refractivity contribution in [1.29, 1.82) is 0 Å². The third kappa shape index (κ3) is 4.26. The molecule has 0 aliphatic rings. The van der Waals surface area contributed by atoms with Crippen LogP contribution in [0.1, 0.15) is 32.3 Å². The van der Waals surface area contributed by atoms with Gasteiger partial charge in [-0.25, -0.2) is 0 Å². The fourth-order valence-electron chi connectivity index (χ4n) is 2.21. The molecule has 0 radical (unpaired) electrons. The molecule has 1 aromatic carbocycles. The molecule has 0 spiro atoms. The van der Waals surface area contributed by atoms with Gasteiger partial charge in [-0.2, -0.15) is 0 Å². The van der Waals surface area contributed by atoms with E-state index >= 15 is 0 Å². The summed E-state index contributed by atoms with van der Waals surface area (Å²) in [5.74, 6) is 0.0524. The third-order valence-corrected chi connectivity index (χ3v) is 3.54. The normalized spacial score (nSPS) is 12.3. The summed E-state index contributed by atoms with van der Waals surface area (Å²) < 4.78 is 0. The number of aromatic nitrogens is 1. The van der Waals surface area contributed by atoms with Crippen molar-refractivity contribution >= 4 is 16.8 Å². The lowest BCUT2D eigenvalue weighted by Crippen LogP contribution is -2.42. The average Bonchev–Trinajstić information content (AvgIpc) is 2.52. The summed E-state index contributed by atoms with van der Waals surface area (Å²) in [6, 6.07) is 9.89. The number of unbranched alkanes of at least 4 members (excludes halogenated alkanes) is 1. The number of rotatable bonds is 7. The van der Waals surface area contributed by atoms with Crippen LogP contribution in [0, 0.1) is 0 Å². The number of amides is 1. The second-order valence-electron chi connectivity index (χ2n) is 5.24. The zero-order valence-corrected chi connectivity index (χ0v) is 12.7. The summed E-state index contributed by atoms with van der Waals surface area (Å²) in [6.45, 7) is 5.38. The van der Waals surface area contributed by atoms with E-state index in [9.17, 15) is 4.79 Å². The van der Waals surface area contributed by atoms with E-state index in [1.54, 1.807) is 6.20 Å². The Hall–Kier alpha value is -1.94. The molecule has 1 unspecified atom stereocenters. The zero-order chi connectivity index (χ0) is 15.1. The van der Waals surface area contributed by atoms with Crippen molar-refractivity contribution < 1.29 is 4.79 Å². The van der Waals surface area contributed by atoms with Gasteiger partial charge in [0.05, 0.1) is 11.6 Å². The molecule has 4 heteroatoms. The molecule has 2 N–H and O–H groups in total. The van der Waals surface area contributed by atoms with Crippen LogP contribution < -0.4 is 10.6 Å². The molecule has 0 saturated carbocycles. The lowest BCUT2D eigenvalue weighted by Gasteiger charge is -2.14. The van der Waals surface area contributed by atoms with Crippen LogP contribution in [-0.2, 0) is 11.3 Å². The van der Waals surface area contributed by atoms with E-state index in [2.05, 4.69) is 22.5 Å². The predicted molar refractivity (Wildman–Crippen MR) is 86.0 cm³/mol. The molecule has 0 aliphatic heterocycles. The van der Waals surface area contributed by atoms with E-state index in [-0.39, 0.29) is 11.9 Å². The standard InChI is InChI=1S/C17H23N3O/c1-3-4-10-19-17(21)13(2)20-12-15-8-5-7-14-9-6-11-18-16(14)15/h5-9,11,13,20H,3-4,10,12H2,1-2H3,(H,19,21). The van der Waals surface area contributed by atoms with Crippen molar-refractivity contribution in [1.82, 2.24) is 15.6 Å². The highest BCUT2D eigenvalue weighted by molar-refractivity contribution is 5.82. The number of carbonyl (C=O) groups excluding carboxylic acids is 1. The van der Waals surface area contributed by atoms with Gasteiger partial charge in [0.15, 0.2) is 0 Å². The van der Waals surface area contributed by atoms with E-state index in [1.807, 2.05) is 37.3 Å². The summed E-state index contributed by atoms with van der Waals surface area (Å²) in [6.07, 6.45) is 3.90.